The number of sulfonamides is 1. The lowest BCUT2D eigenvalue weighted by molar-refractivity contribution is 0.601. The number of nitrogens with one attached hydrogen (secondary N) is 1. The number of nitrogen functional groups attached to an aromatic ring is 1. The molecule has 0 atom stereocenters. The largest absolute Gasteiger partial charge is 0.399 e. The van der Waals surface area contributed by atoms with Crippen molar-refractivity contribution in [1.29, 1.82) is 0 Å². The van der Waals surface area contributed by atoms with Crippen molar-refractivity contribution in [3.05, 3.63) is 41.8 Å². The lowest BCUT2D eigenvalue weighted by Gasteiger charge is -2.05. The number of nitrogens with two attached hydrogens (primary N) is 1. The van der Waals surface area contributed by atoms with Gasteiger partial charge < -0.3 is 5.73 Å². The van der Waals surface area contributed by atoms with E-state index in [4.69, 9.17) is 5.73 Å². The van der Waals surface area contributed by atoms with E-state index in [-0.39, 0.29) is 4.90 Å². The minimum Gasteiger partial charge on any atom is -0.399 e. The molecule has 3 N–H and O–H groups in total. The van der Waals surface area contributed by atoms with Gasteiger partial charge in [0.05, 0.1) is 4.90 Å². The monoisotopic (exact) mass is 254 g/mol. The molecule has 2 rings (SSSR count). The van der Waals surface area contributed by atoms with E-state index in [0.717, 1.165) is 0 Å². The van der Waals surface area contributed by atoms with E-state index >= 15 is 0 Å². The van der Waals surface area contributed by atoms with Gasteiger partial charge in [0.15, 0.2) is 0 Å². The number of hydrogen-bond acceptors (Lipinski definition) is 4. The number of benzene rings is 1. The van der Waals surface area contributed by atoms with Gasteiger partial charge in [-0.25, -0.2) is 8.42 Å². The molecular formula is C10H10N2O2S2. The number of hydrogen-bond donors (Lipinski definition) is 2. The molecule has 0 bridgehead atoms. The quantitative estimate of drug-likeness (QED) is 0.824. The van der Waals surface area contributed by atoms with Crippen LogP contribution in [0.4, 0.5) is 10.7 Å². The Morgan fingerprint density at radius 2 is 1.81 bits per heavy atom. The average Bonchev–Trinajstić information content (AvgIpc) is 2.70. The maximum Gasteiger partial charge on any atom is 0.262 e. The summed E-state index contributed by atoms with van der Waals surface area (Å²) in [6.45, 7) is 0. The van der Waals surface area contributed by atoms with Crippen molar-refractivity contribution in [1.82, 2.24) is 0 Å². The highest BCUT2D eigenvalue weighted by atomic mass is 32.2. The molecule has 0 aliphatic heterocycles. The van der Waals surface area contributed by atoms with Crippen LogP contribution >= 0.6 is 11.3 Å². The highest BCUT2D eigenvalue weighted by Crippen LogP contribution is 2.20. The molecule has 16 heavy (non-hydrogen) atoms. The molecule has 1 aromatic carbocycles. The van der Waals surface area contributed by atoms with E-state index in [1.54, 1.807) is 29.6 Å². The van der Waals surface area contributed by atoms with E-state index in [1.165, 1.54) is 23.5 Å². The minimum atomic E-state index is -3.50. The molecule has 84 valence electrons. The average molecular weight is 254 g/mol. The van der Waals surface area contributed by atoms with Crippen molar-refractivity contribution in [2.24, 2.45) is 0 Å². The first-order valence-electron chi connectivity index (χ1n) is 4.50. The van der Waals surface area contributed by atoms with Crippen LogP contribution in [0, 0.1) is 0 Å². The van der Waals surface area contributed by atoms with Crippen LogP contribution in [0.25, 0.3) is 0 Å². The molecular weight excluding hydrogens is 244 g/mol. The summed E-state index contributed by atoms with van der Waals surface area (Å²) >= 11 is 1.33. The molecule has 0 saturated heterocycles. The van der Waals surface area contributed by atoms with E-state index in [1.807, 2.05) is 0 Å². The Hall–Kier alpha value is -1.53. The number of rotatable bonds is 3. The molecule has 4 nitrogen and oxygen atoms in total. The van der Waals surface area contributed by atoms with Crippen LogP contribution in [0.1, 0.15) is 0 Å². The second-order valence-corrected chi connectivity index (χ2v) is 5.78. The summed E-state index contributed by atoms with van der Waals surface area (Å²) in [5.41, 5.74) is 6.03. The first-order chi connectivity index (χ1) is 7.58. The number of anilines is 2. The number of thiophene rings is 1. The van der Waals surface area contributed by atoms with Gasteiger partial charge in [-0.05, 0) is 41.8 Å². The lowest BCUT2D eigenvalue weighted by Crippen LogP contribution is -2.11. The Morgan fingerprint density at radius 3 is 2.38 bits per heavy atom. The predicted octanol–water partition coefficient (Wildman–Crippen LogP) is 2.13. The SMILES string of the molecule is Nc1ccc(S(=O)(=O)Nc2cccs2)cc1. The first-order valence-corrected chi connectivity index (χ1v) is 6.86. The van der Waals surface area contributed by atoms with Crippen molar-refractivity contribution in [3.8, 4) is 0 Å². The zero-order chi connectivity index (χ0) is 11.6. The molecule has 0 unspecified atom stereocenters. The van der Waals surface area contributed by atoms with Gasteiger partial charge in [0, 0.05) is 5.69 Å². The van der Waals surface area contributed by atoms with E-state index < -0.39 is 10.0 Å². The van der Waals surface area contributed by atoms with Gasteiger partial charge in [-0.3, -0.25) is 4.72 Å². The highest BCUT2D eigenvalue weighted by molar-refractivity contribution is 7.93. The molecule has 0 fully saturated rings. The van der Waals surface area contributed by atoms with Crippen LogP contribution in [-0.4, -0.2) is 8.42 Å². The van der Waals surface area contributed by atoms with E-state index in [2.05, 4.69) is 4.72 Å². The maximum atomic E-state index is 11.9. The normalized spacial score (nSPS) is 11.2. The van der Waals surface area contributed by atoms with Gasteiger partial charge in [0.2, 0.25) is 0 Å². The Labute approximate surface area is 97.8 Å². The van der Waals surface area contributed by atoms with Crippen molar-refractivity contribution < 1.29 is 8.42 Å². The molecule has 0 aliphatic carbocycles. The molecule has 0 radical (unpaired) electrons. The zero-order valence-corrected chi connectivity index (χ0v) is 9.88. The van der Waals surface area contributed by atoms with Crippen LogP contribution < -0.4 is 10.5 Å². The summed E-state index contributed by atoms with van der Waals surface area (Å²) in [7, 11) is -3.50. The summed E-state index contributed by atoms with van der Waals surface area (Å²) in [4.78, 5) is 0.204. The molecule has 6 heteroatoms. The first kappa shape index (κ1) is 11.0. The van der Waals surface area contributed by atoms with Crippen molar-refractivity contribution >= 4 is 32.0 Å². The van der Waals surface area contributed by atoms with E-state index in [0.29, 0.717) is 10.7 Å². The maximum absolute atomic E-state index is 11.9. The third-order valence-electron chi connectivity index (χ3n) is 1.95. The molecule has 1 aromatic heterocycles. The van der Waals surface area contributed by atoms with Crippen LogP contribution in [0.5, 0.6) is 0 Å². The smallest absolute Gasteiger partial charge is 0.262 e. The van der Waals surface area contributed by atoms with Gasteiger partial charge >= 0.3 is 0 Å². The summed E-state index contributed by atoms with van der Waals surface area (Å²) in [6, 6.07) is 9.56. The van der Waals surface area contributed by atoms with Crippen molar-refractivity contribution in [2.45, 2.75) is 4.90 Å². The minimum absolute atomic E-state index is 0.204. The Balaban J connectivity index is 2.29. The van der Waals surface area contributed by atoms with Gasteiger partial charge in [-0.1, -0.05) is 0 Å². The standard InChI is InChI=1S/C10H10N2O2S2/c11-8-3-5-9(6-4-8)16(13,14)12-10-2-1-7-15-10/h1-7,12H,11H2. The molecule has 0 amide bonds. The van der Waals surface area contributed by atoms with Crippen LogP contribution in [0.15, 0.2) is 46.7 Å². The van der Waals surface area contributed by atoms with Gasteiger partial charge in [0.1, 0.15) is 5.00 Å². The second kappa shape index (κ2) is 4.15. The molecule has 1 heterocycles. The van der Waals surface area contributed by atoms with Crippen molar-refractivity contribution in [3.63, 3.8) is 0 Å². The van der Waals surface area contributed by atoms with Crippen LogP contribution in [0.2, 0.25) is 0 Å². The van der Waals surface area contributed by atoms with Gasteiger partial charge in [-0.15, -0.1) is 11.3 Å². The lowest BCUT2D eigenvalue weighted by atomic mass is 10.3. The molecule has 2 aromatic rings. The third kappa shape index (κ3) is 2.34. The van der Waals surface area contributed by atoms with Crippen LogP contribution in [-0.2, 0) is 10.0 Å². The van der Waals surface area contributed by atoms with Gasteiger partial charge in [0.25, 0.3) is 10.0 Å². The topological polar surface area (TPSA) is 72.2 Å². The summed E-state index contributed by atoms with van der Waals surface area (Å²) in [6.07, 6.45) is 0. The predicted molar refractivity (Wildman–Crippen MR) is 66.0 cm³/mol. The fourth-order valence-electron chi connectivity index (χ4n) is 1.17. The van der Waals surface area contributed by atoms with Crippen molar-refractivity contribution in [2.75, 3.05) is 10.5 Å². The highest BCUT2D eigenvalue weighted by Gasteiger charge is 2.13. The molecule has 0 spiro atoms. The third-order valence-corrected chi connectivity index (χ3v) is 4.24. The Kier molecular flexibility index (Phi) is 2.84. The van der Waals surface area contributed by atoms with E-state index in [9.17, 15) is 8.42 Å². The fraction of sp³-hybridized carbons (Fsp3) is 0. The zero-order valence-electron chi connectivity index (χ0n) is 8.25. The summed E-state index contributed by atoms with van der Waals surface area (Å²) in [5, 5.41) is 2.40. The van der Waals surface area contributed by atoms with Crippen LogP contribution in [0.3, 0.4) is 0 Å². The fourth-order valence-corrected chi connectivity index (χ4v) is 3.10. The molecule has 0 aliphatic rings. The molecule has 0 saturated carbocycles. The Morgan fingerprint density at radius 1 is 1.12 bits per heavy atom. The Bertz CT molecular complexity index is 559. The summed E-state index contributed by atoms with van der Waals surface area (Å²) < 4.78 is 26.2. The summed E-state index contributed by atoms with van der Waals surface area (Å²) in [5.74, 6) is 0. The van der Waals surface area contributed by atoms with Gasteiger partial charge in [-0.2, -0.15) is 0 Å². The second-order valence-electron chi connectivity index (χ2n) is 3.15.